The molecule has 3 rings (SSSR count). The molecule has 1 aliphatic rings. The van der Waals surface area contributed by atoms with Crippen LogP contribution >= 0.6 is 0 Å². The van der Waals surface area contributed by atoms with Crippen LogP contribution in [0.15, 0.2) is 47.4 Å². The molecule has 1 saturated heterocycles. The summed E-state index contributed by atoms with van der Waals surface area (Å²) < 4.78 is 45.1. The molecule has 0 spiro atoms. The molecule has 1 heterocycles. The van der Waals surface area contributed by atoms with Crippen molar-refractivity contribution in [3.63, 3.8) is 0 Å². The number of carbonyl (C=O) groups is 2. The van der Waals surface area contributed by atoms with Gasteiger partial charge in [-0.05, 0) is 55.7 Å². The van der Waals surface area contributed by atoms with Gasteiger partial charge in [-0.25, -0.2) is 17.6 Å². The minimum atomic E-state index is -3.66. The van der Waals surface area contributed by atoms with Crippen LogP contribution in [-0.4, -0.2) is 44.3 Å². The van der Waals surface area contributed by atoms with Gasteiger partial charge in [0.05, 0.1) is 10.5 Å². The second-order valence-corrected chi connectivity index (χ2v) is 8.67. The Bertz CT molecular complexity index is 1030. The van der Waals surface area contributed by atoms with Crippen LogP contribution in [0.1, 0.15) is 28.8 Å². The van der Waals surface area contributed by atoms with Crippen LogP contribution in [0.5, 0.6) is 0 Å². The van der Waals surface area contributed by atoms with Gasteiger partial charge < -0.3 is 10.1 Å². The second-order valence-electron chi connectivity index (χ2n) is 6.73. The normalized spacial score (nSPS) is 14.6. The van der Waals surface area contributed by atoms with Gasteiger partial charge in [0.1, 0.15) is 5.82 Å². The highest BCUT2D eigenvalue weighted by molar-refractivity contribution is 7.89. The van der Waals surface area contributed by atoms with Gasteiger partial charge in [-0.2, -0.15) is 4.31 Å². The Kier molecular flexibility index (Phi) is 6.29. The van der Waals surface area contributed by atoms with E-state index in [-0.39, 0.29) is 16.1 Å². The average Bonchev–Trinajstić information content (AvgIpc) is 3.25. The molecule has 1 N–H and O–H groups in total. The largest absolute Gasteiger partial charge is 0.452 e. The van der Waals surface area contributed by atoms with Crippen LogP contribution < -0.4 is 5.32 Å². The predicted molar refractivity (Wildman–Crippen MR) is 104 cm³/mol. The van der Waals surface area contributed by atoms with Crippen LogP contribution in [0, 0.1) is 12.7 Å². The minimum absolute atomic E-state index is 0.00781. The van der Waals surface area contributed by atoms with Gasteiger partial charge in [-0.15, -0.1) is 0 Å². The number of benzene rings is 2. The molecule has 0 aromatic heterocycles. The number of esters is 1. The third kappa shape index (κ3) is 4.99. The molecule has 1 fully saturated rings. The van der Waals surface area contributed by atoms with Crippen LogP contribution in [0.4, 0.5) is 10.1 Å². The van der Waals surface area contributed by atoms with E-state index in [0.29, 0.717) is 18.7 Å². The Balaban J connectivity index is 1.62. The molecule has 0 aliphatic carbocycles. The number of carbonyl (C=O) groups excluding carboxylic acids is 2. The van der Waals surface area contributed by atoms with Crippen LogP contribution in [0.25, 0.3) is 0 Å². The van der Waals surface area contributed by atoms with Gasteiger partial charge >= 0.3 is 5.97 Å². The molecule has 2 aromatic carbocycles. The summed E-state index contributed by atoms with van der Waals surface area (Å²) in [6.45, 7) is 1.92. The lowest BCUT2D eigenvalue weighted by Crippen LogP contribution is -2.28. The first-order valence-electron chi connectivity index (χ1n) is 9.11. The fraction of sp³-hybridized carbons (Fsp3) is 0.300. The summed E-state index contributed by atoms with van der Waals surface area (Å²) in [6.07, 6.45) is 1.61. The first kappa shape index (κ1) is 20.9. The molecule has 0 bridgehead atoms. The fourth-order valence-corrected chi connectivity index (χ4v) is 4.51. The average molecular weight is 420 g/mol. The number of sulfonamides is 1. The Hall–Kier alpha value is -2.78. The van der Waals surface area contributed by atoms with E-state index in [0.717, 1.165) is 12.8 Å². The number of aryl methyl sites for hydroxylation is 1. The molecular formula is C20H21FN2O5S. The predicted octanol–water partition coefficient (Wildman–Crippen LogP) is 2.71. The smallest absolute Gasteiger partial charge is 0.338 e. The second kappa shape index (κ2) is 8.71. The molecule has 1 aliphatic heterocycles. The van der Waals surface area contributed by atoms with E-state index in [2.05, 4.69) is 5.32 Å². The van der Waals surface area contributed by atoms with E-state index >= 15 is 0 Å². The van der Waals surface area contributed by atoms with Crippen molar-refractivity contribution in [2.45, 2.75) is 24.7 Å². The SMILES string of the molecule is Cc1ccc(NC(=O)COC(=O)c2cccc(S(=O)(=O)N3CCCC3)c2)cc1F. The summed E-state index contributed by atoms with van der Waals surface area (Å²) >= 11 is 0. The zero-order valence-corrected chi connectivity index (χ0v) is 16.7. The molecule has 29 heavy (non-hydrogen) atoms. The summed E-state index contributed by atoms with van der Waals surface area (Å²) in [5.41, 5.74) is 0.713. The summed E-state index contributed by atoms with van der Waals surface area (Å²) in [4.78, 5) is 24.2. The monoisotopic (exact) mass is 420 g/mol. The van der Waals surface area contributed by atoms with E-state index in [1.165, 1.54) is 46.8 Å². The maximum Gasteiger partial charge on any atom is 0.338 e. The molecule has 1 amide bonds. The molecule has 0 saturated carbocycles. The van der Waals surface area contributed by atoms with E-state index < -0.39 is 34.3 Å². The zero-order chi connectivity index (χ0) is 21.0. The number of hydrogen-bond donors (Lipinski definition) is 1. The maximum atomic E-state index is 13.5. The van der Waals surface area contributed by atoms with Crippen molar-refractivity contribution in [1.82, 2.24) is 4.31 Å². The van der Waals surface area contributed by atoms with Crippen molar-refractivity contribution < 1.29 is 27.1 Å². The number of nitrogens with zero attached hydrogens (tertiary/aromatic N) is 1. The quantitative estimate of drug-likeness (QED) is 0.726. The molecule has 0 radical (unpaired) electrons. The number of amides is 1. The summed E-state index contributed by atoms with van der Waals surface area (Å²) in [7, 11) is -3.66. The molecule has 7 nitrogen and oxygen atoms in total. The molecule has 0 unspecified atom stereocenters. The van der Waals surface area contributed by atoms with E-state index in [1.54, 1.807) is 6.92 Å². The standard InChI is InChI=1S/C20H21FN2O5S/c1-14-7-8-16(12-18(14)21)22-19(24)13-28-20(25)15-5-4-6-17(11-15)29(26,27)23-9-2-3-10-23/h4-8,11-12H,2-3,9-10,13H2,1H3,(H,22,24). The Labute approximate surface area is 168 Å². The van der Waals surface area contributed by atoms with Crippen molar-refractivity contribution in [2.75, 3.05) is 25.0 Å². The zero-order valence-electron chi connectivity index (χ0n) is 15.9. The van der Waals surface area contributed by atoms with Gasteiger partial charge in [0.15, 0.2) is 6.61 Å². The first-order valence-corrected chi connectivity index (χ1v) is 10.5. The number of halogens is 1. The number of nitrogens with one attached hydrogen (secondary N) is 1. The van der Waals surface area contributed by atoms with Gasteiger partial charge in [-0.3, -0.25) is 4.79 Å². The van der Waals surface area contributed by atoms with Crippen LogP contribution in [-0.2, 0) is 19.6 Å². The molecule has 154 valence electrons. The van der Waals surface area contributed by atoms with E-state index in [4.69, 9.17) is 4.74 Å². The number of rotatable bonds is 6. The number of anilines is 1. The third-order valence-corrected chi connectivity index (χ3v) is 6.46. The molecule has 0 atom stereocenters. The highest BCUT2D eigenvalue weighted by Crippen LogP contribution is 2.22. The summed E-state index contributed by atoms with van der Waals surface area (Å²) in [5, 5.41) is 2.43. The Morgan fingerprint density at radius 1 is 1.14 bits per heavy atom. The summed E-state index contributed by atoms with van der Waals surface area (Å²) in [5.74, 6) is -1.92. The summed E-state index contributed by atoms with van der Waals surface area (Å²) in [6, 6.07) is 9.75. The number of ether oxygens (including phenoxy) is 1. The lowest BCUT2D eigenvalue weighted by atomic mass is 10.2. The van der Waals surface area contributed by atoms with E-state index in [1.807, 2.05) is 0 Å². The fourth-order valence-electron chi connectivity index (χ4n) is 2.94. The van der Waals surface area contributed by atoms with Crippen molar-refractivity contribution in [3.05, 3.63) is 59.4 Å². The highest BCUT2D eigenvalue weighted by Gasteiger charge is 2.27. The molecular weight excluding hydrogens is 399 g/mol. The minimum Gasteiger partial charge on any atom is -0.452 e. The van der Waals surface area contributed by atoms with Gasteiger partial charge in [0.25, 0.3) is 5.91 Å². The Morgan fingerprint density at radius 3 is 2.55 bits per heavy atom. The van der Waals surface area contributed by atoms with Crippen LogP contribution in [0.3, 0.4) is 0 Å². The maximum absolute atomic E-state index is 13.5. The Morgan fingerprint density at radius 2 is 1.86 bits per heavy atom. The van der Waals surface area contributed by atoms with Gasteiger partial charge in [0, 0.05) is 18.8 Å². The van der Waals surface area contributed by atoms with Crippen molar-refractivity contribution in [3.8, 4) is 0 Å². The van der Waals surface area contributed by atoms with E-state index in [9.17, 15) is 22.4 Å². The first-order chi connectivity index (χ1) is 13.8. The van der Waals surface area contributed by atoms with Crippen molar-refractivity contribution in [2.24, 2.45) is 0 Å². The van der Waals surface area contributed by atoms with Crippen molar-refractivity contribution in [1.29, 1.82) is 0 Å². The lowest BCUT2D eigenvalue weighted by molar-refractivity contribution is -0.119. The van der Waals surface area contributed by atoms with Crippen LogP contribution in [0.2, 0.25) is 0 Å². The van der Waals surface area contributed by atoms with Gasteiger partial charge in [-0.1, -0.05) is 12.1 Å². The van der Waals surface area contributed by atoms with Gasteiger partial charge in [0.2, 0.25) is 10.0 Å². The third-order valence-electron chi connectivity index (χ3n) is 4.56. The molecule has 9 heteroatoms. The molecule has 2 aromatic rings. The number of hydrogen-bond acceptors (Lipinski definition) is 5. The highest BCUT2D eigenvalue weighted by atomic mass is 32.2. The lowest BCUT2D eigenvalue weighted by Gasteiger charge is -2.15. The topological polar surface area (TPSA) is 92.8 Å². The van der Waals surface area contributed by atoms with Crippen molar-refractivity contribution >= 4 is 27.6 Å².